The second-order valence-corrected chi connectivity index (χ2v) is 3.59. The van der Waals surface area contributed by atoms with Gasteiger partial charge in [0.15, 0.2) is 6.19 Å². The van der Waals surface area contributed by atoms with Gasteiger partial charge in [-0.1, -0.05) is 17.7 Å². The Hall–Kier alpha value is -1.69. The predicted molar refractivity (Wildman–Crippen MR) is 59.7 cm³/mol. The number of hydrogen-bond donors (Lipinski definition) is 0. The van der Waals surface area contributed by atoms with Crippen LogP contribution in [0.1, 0.15) is 11.1 Å². The van der Waals surface area contributed by atoms with E-state index in [9.17, 15) is 0 Å². The van der Waals surface area contributed by atoms with Crippen LogP contribution in [0.3, 0.4) is 0 Å². The van der Waals surface area contributed by atoms with E-state index < -0.39 is 0 Å². The third-order valence-corrected chi connectivity index (χ3v) is 2.32. The maximum atomic E-state index is 8.64. The molecule has 0 unspecified atom stereocenters. The maximum absolute atomic E-state index is 8.64. The number of likely N-dealkylation sites (N-methyl/N-ethyl adjacent to an activating group) is 1. The zero-order chi connectivity index (χ0) is 11.3. The first-order chi connectivity index (χ1) is 7.17. The van der Waals surface area contributed by atoms with Gasteiger partial charge in [-0.3, -0.25) is 0 Å². The van der Waals surface area contributed by atoms with Crippen LogP contribution < -0.4 is 4.74 Å². The summed E-state index contributed by atoms with van der Waals surface area (Å²) in [6.45, 7) is 2.77. The Kier molecular flexibility index (Phi) is 3.99. The third kappa shape index (κ3) is 3.17. The summed E-state index contributed by atoms with van der Waals surface area (Å²) in [5.41, 5.74) is 2.37. The van der Waals surface area contributed by atoms with Crippen LogP contribution in [0.25, 0.3) is 0 Å². The van der Waals surface area contributed by atoms with Gasteiger partial charge in [0, 0.05) is 13.6 Å². The lowest BCUT2D eigenvalue weighted by molar-refractivity contribution is 0.404. The van der Waals surface area contributed by atoms with Crippen molar-refractivity contribution in [3.05, 3.63) is 29.3 Å². The molecule has 0 saturated heterocycles. The van der Waals surface area contributed by atoms with Crippen molar-refractivity contribution in [2.75, 3.05) is 20.7 Å². The van der Waals surface area contributed by atoms with Crippen LogP contribution in [-0.2, 0) is 6.42 Å². The van der Waals surface area contributed by atoms with Gasteiger partial charge in [0.05, 0.1) is 7.11 Å². The second kappa shape index (κ2) is 5.26. The first-order valence-electron chi connectivity index (χ1n) is 4.91. The largest absolute Gasteiger partial charge is 0.496 e. The normalized spacial score (nSPS) is 9.47. The Balaban J connectivity index is 2.75. The van der Waals surface area contributed by atoms with E-state index in [1.807, 2.05) is 12.1 Å². The van der Waals surface area contributed by atoms with Crippen LogP contribution in [0.15, 0.2) is 18.2 Å². The minimum absolute atomic E-state index is 0.719. The van der Waals surface area contributed by atoms with Gasteiger partial charge in [-0.15, -0.1) is 0 Å². The first kappa shape index (κ1) is 11.4. The minimum atomic E-state index is 0.719. The van der Waals surface area contributed by atoms with Crippen molar-refractivity contribution in [1.29, 1.82) is 5.26 Å². The number of methoxy groups -OCH3 is 1. The zero-order valence-electron chi connectivity index (χ0n) is 9.45. The smallest absolute Gasteiger partial charge is 0.179 e. The molecule has 0 N–H and O–H groups in total. The lowest BCUT2D eigenvalue weighted by Crippen LogP contribution is -2.15. The number of ether oxygens (including phenoxy) is 1. The molecule has 0 bridgehead atoms. The molecular weight excluding hydrogens is 188 g/mol. The molecule has 0 amide bonds. The monoisotopic (exact) mass is 204 g/mol. The Morgan fingerprint density at radius 1 is 1.47 bits per heavy atom. The van der Waals surface area contributed by atoms with Crippen LogP contribution in [0, 0.1) is 18.4 Å². The highest BCUT2D eigenvalue weighted by Crippen LogP contribution is 2.20. The fourth-order valence-corrected chi connectivity index (χ4v) is 1.44. The molecule has 0 aliphatic heterocycles. The summed E-state index contributed by atoms with van der Waals surface area (Å²) >= 11 is 0. The van der Waals surface area contributed by atoms with E-state index in [0.29, 0.717) is 0 Å². The molecule has 1 rings (SSSR count). The molecule has 15 heavy (non-hydrogen) atoms. The SMILES string of the molecule is COc1ccc(C)cc1CCN(C)C#N. The molecule has 0 fully saturated rings. The van der Waals surface area contributed by atoms with Crippen molar-refractivity contribution in [2.24, 2.45) is 0 Å². The molecule has 0 aliphatic rings. The van der Waals surface area contributed by atoms with E-state index >= 15 is 0 Å². The van der Waals surface area contributed by atoms with Crippen molar-refractivity contribution in [3.8, 4) is 11.9 Å². The average molecular weight is 204 g/mol. The van der Waals surface area contributed by atoms with Gasteiger partial charge in [0.25, 0.3) is 0 Å². The van der Waals surface area contributed by atoms with E-state index in [1.165, 1.54) is 5.56 Å². The molecular formula is C12H16N2O. The number of nitrogens with zero attached hydrogens (tertiary/aromatic N) is 2. The van der Waals surface area contributed by atoms with Gasteiger partial charge in [-0.2, -0.15) is 5.26 Å². The van der Waals surface area contributed by atoms with Crippen LogP contribution in [-0.4, -0.2) is 25.6 Å². The predicted octanol–water partition coefficient (Wildman–Crippen LogP) is 1.96. The summed E-state index contributed by atoms with van der Waals surface area (Å²) in [6, 6.07) is 6.09. The minimum Gasteiger partial charge on any atom is -0.496 e. The van der Waals surface area contributed by atoms with Crippen molar-refractivity contribution < 1.29 is 4.74 Å². The zero-order valence-corrected chi connectivity index (χ0v) is 9.45. The second-order valence-electron chi connectivity index (χ2n) is 3.59. The Bertz CT molecular complexity index is 368. The molecule has 80 valence electrons. The molecule has 1 aromatic carbocycles. The third-order valence-electron chi connectivity index (χ3n) is 2.32. The van der Waals surface area contributed by atoms with Gasteiger partial charge in [-0.05, 0) is 25.0 Å². The molecule has 3 nitrogen and oxygen atoms in total. The quantitative estimate of drug-likeness (QED) is 0.555. The highest BCUT2D eigenvalue weighted by Gasteiger charge is 2.04. The Morgan fingerprint density at radius 2 is 2.20 bits per heavy atom. The van der Waals surface area contributed by atoms with Crippen molar-refractivity contribution in [1.82, 2.24) is 4.90 Å². The molecule has 0 atom stereocenters. The van der Waals surface area contributed by atoms with Gasteiger partial charge in [0.2, 0.25) is 0 Å². The lowest BCUT2D eigenvalue weighted by atomic mass is 10.1. The lowest BCUT2D eigenvalue weighted by Gasteiger charge is -2.12. The van der Waals surface area contributed by atoms with Gasteiger partial charge < -0.3 is 9.64 Å². The molecule has 3 heteroatoms. The molecule has 0 radical (unpaired) electrons. The Morgan fingerprint density at radius 3 is 2.80 bits per heavy atom. The molecule has 0 spiro atoms. The van der Waals surface area contributed by atoms with E-state index in [4.69, 9.17) is 10.00 Å². The summed E-state index contributed by atoms with van der Waals surface area (Å²) < 4.78 is 5.26. The number of hydrogen-bond acceptors (Lipinski definition) is 3. The van der Waals surface area contributed by atoms with Gasteiger partial charge in [-0.25, -0.2) is 0 Å². The number of nitriles is 1. The average Bonchev–Trinajstić information content (AvgIpc) is 2.26. The van der Waals surface area contributed by atoms with Crippen LogP contribution >= 0.6 is 0 Å². The van der Waals surface area contributed by atoms with Crippen molar-refractivity contribution in [3.63, 3.8) is 0 Å². The summed E-state index contributed by atoms with van der Waals surface area (Å²) in [5, 5.41) is 8.64. The fraction of sp³-hybridized carbons (Fsp3) is 0.417. The molecule has 0 saturated carbocycles. The number of aryl methyl sites for hydroxylation is 1. The van der Waals surface area contributed by atoms with E-state index in [0.717, 1.165) is 24.3 Å². The summed E-state index contributed by atoms with van der Waals surface area (Å²) in [5.74, 6) is 0.895. The van der Waals surface area contributed by atoms with Gasteiger partial charge in [0.1, 0.15) is 5.75 Å². The highest BCUT2D eigenvalue weighted by molar-refractivity contribution is 5.37. The van der Waals surface area contributed by atoms with Gasteiger partial charge >= 0.3 is 0 Å². The Labute approximate surface area is 90.9 Å². The summed E-state index contributed by atoms with van der Waals surface area (Å²) in [4.78, 5) is 1.61. The number of benzene rings is 1. The van der Waals surface area contributed by atoms with Crippen molar-refractivity contribution in [2.45, 2.75) is 13.3 Å². The van der Waals surface area contributed by atoms with Crippen LogP contribution in [0.2, 0.25) is 0 Å². The van der Waals surface area contributed by atoms with Crippen LogP contribution in [0.4, 0.5) is 0 Å². The molecule has 0 aromatic heterocycles. The van der Waals surface area contributed by atoms with Crippen LogP contribution in [0.5, 0.6) is 5.75 Å². The topological polar surface area (TPSA) is 36.3 Å². The molecule has 1 aromatic rings. The molecule has 0 heterocycles. The van der Waals surface area contributed by atoms with E-state index in [2.05, 4.69) is 19.2 Å². The fourth-order valence-electron chi connectivity index (χ4n) is 1.44. The summed E-state index contributed by atoms with van der Waals surface area (Å²) in [7, 11) is 3.45. The van der Waals surface area contributed by atoms with E-state index in [1.54, 1.807) is 19.1 Å². The highest BCUT2D eigenvalue weighted by atomic mass is 16.5. The van der Waals surface area contributed by atoms with Crippen molar-refractivity contribution >= 4 is 0 Å². The number of rotatable bonds is 4. The maximum Gasteiger partial charge on any atom is 0.179 e. The first-order valence-corrected chi connectivity index (χ1v) is 4.91. The summed E-state index contributed by atoms with van der Waals surface area (Å²) in [6.07, 6.45) is 2.91. The van der Waals surface area contributed by atoms with E-state index in [-0.39, 0.29) is 0 Å². The standard InChI is InChI=1S/C12H16N2O/c1-10-4-5-12(15-3)11(8-10)6-7-14(2)9-13/h4-5,8H,6-7H2,1-3H3. The molecule has 0 aliphatic carbocycles.